The van der Waals surface area contributed by atoms with Gasteiger partial charge >= 0.3 is 6.03 Å². The number of hydrogen-bond acceptors (Lipinski definition) is 4. The van der Waals surface area contributed by atoms with Gasteiger partial charge in [0.1, 0.15) is 5.82 Å². The van der Waals surface area contributed by atoms with Crippen molar-refractivity contribution in [2.75, 3.05) is 31.1 Å². The number of amides is 3. The summed E-state index contributed by atoms with van der Waals surface area (Å²) < 4.78 is 0. The summed E-state index contributed by atoms with van der Waals surface area (Å²) in [6.45, 7) is 3.65. The van der Waals surface area contributed by atoms with Crippen LogP contribution in [0.3, 0.4) is 0 Å². The lowest BCUT2D eigenvalue weighted by atomic mass is 9.97. The molecule has 1 atom stereocenters. The lowest BCUT2D eigenvalue weighted by Crippen LogP contribution is -2.47. The number of urea groups is 1. The maximum atomic E-state index is 12.3. The molecule has 2 fully saturated rings. The normalized spacial score (nSPS) is 21.0. The Morgan fingerprint density at radius 3 is 2.64 bits per heavy atom. The third-order valence-electron chi connectivity index (χ3n) is 5.06. The molecule has 0 bridgehead atoms. The second kappa shape index (κ2) is 8.18. The molecule has 3 N–H and O–H groups in total. The number of rotatable bonds is 4. The van der Waals surface area contributed by atoms with Gasteiger partial charge in [-0.2, -0.15) is 0 Å². The molecule has 0 aliphatic carbocycles. The van der Waals surface area contributed by atoms with Gasteiger partial charge in [-0.15, -0.1) is 0 Å². The van der Waals surface area contributed by atoms with Crippen LogP contribution in [0.1, 0.15) is 37.7 Å². The molecule has 3 amide bonds. The van der Waals surface area contributed by atoms with Crippen LogP contribution < -0.4 is 16.0 Å². The van der Waals surface area contributed by atoms with E-state index in [1.54, 1.807) is 4.90 Å². The topological polar surface area (TPSA) is 91.6 Å². The lowest BCUT2D eigenvalue weighted by Gasteiger charge is -2.30. The first-order chi connectivity index (χ1) is 12.1. The highest BCUT2D eigenvalue weighted by Crippen LogP contribution is 2.18. The molecule has 2 aliphatic rings. The Balaban J connectivity index is 1.49. The SMILES string of the molecule is NC(=O)N1CCCC(C(=O)NCc2ccc(N3CCCCC3)nc2)C1. The van der Waals surface area contributed by atoms with E-state index in [0.29, 0.717) is 19.6 Å². The maximum absolute atomic E-state index is 12.3. The van der Waals surface area contributed by atoms with Crippen LogP contribution >= 0.6 is 0 Å². The Morgan fingerprint density at radius 2 is 1.96 bits per heavy atom. The molecule has 136 valence electrons. The van der Waals surface area contributed by atoms with Crippen molar-refractivity contribution < 1.29 is 9.59 Å². The van der Waals surface area contributed by atoms with Gasteiger partial charge in [0.15, 0.2) is 0 Å². The predicted molar refractivity (Wildman–Crippen MR) is 96.0 cm³/mol. The molecule has 1 unspecified atom stereocenters. The zero-order valence-electron chi connectivity index (χ0n) is 14.6. The van der Waals surface area contributed by atoms with Gasteiger partial charge in [-0.3, -0.25) is 4.79 Å². The lowest BCUT2D eigenvalue weighted by molar-refractivity contribution is -0.126. The summed E-state index contributed by atoms with van der Waals surface area (Å²) in [7, 11) is 0. The van der Waals surface area contributed by atoms with E-state index in [9.17, 15) is 9.59 Å². The van der Waals surface area contributed by atoms with Gasteiger partial charge < -0.3 is 20.9 Å². The third kappa shape index (κ3) is 4.61. The van der Waals surface area contributed by atoms with E-state index in [1.807, 2.05) is 18.3 Å². The molecule has 0 spiro atoms. The van der Waals surface area contributed by atoms with E-state index in [1.165, 1.54) is 19.3 Å². The fourth-order valence-electron chi connectivity index (χ4n) is 3.56. The number of piperidine rings is 2. The number of nitrogens with zero attached hydrogens (tertiary/aromatic N) is 3. The van der Waals surface area contributed by atoms with E-state index < -0.39 is 6.03 Å². The highest BCUT2D eigenvalue weighted by Gasteiger charge is 2.27. The van der Waals surface area contributed by atoms with Crippen molar-refractivity contribution in [3.8, 4) is 0 Å². The van der Waals surface area contributed by atoms with Crippen molar-refractivity contribution in [2.24, 2.45) is 11.7 Å². The molecule has 7 heteroatoms. The Hall–Kier alpha value is -2.31. The molecule has 0 aromatic carbocycles. The molecular formula is C18H27N5O2. The first-order valence-electron chi connectivity index (χ1n) is 9.15. The standard InChI is InChI=1S/C18H27N5O2/c19-18(25)23-10-4-5-15(13-23)17(24)21-12-14-6-7-16(20-11-14)22-8-2-1-3-9-22/h6-7,11,15H,1-5,8-10,12-13H2,(H2,19,25)(H,21,24). The Bertz CT molecular complexity index is 598. The molecule has 1 aromatic rings. The van der Waals surface area contributed by atoms with Crippen molar-refractivity contribution in [1.29, 1.82) is 0 Å². The van der Waals surface area contributed by atoms with Crippen molar-refractivity contribution in [3.63, 3.8) is 0 Å². The van der Waals surface area contributed by atoms with Gasteiger partial charge in [0.2, 0.25) is 5.91 Å². The molecule has 1 aromatic heterocycles. The number of carbonyl (C=O) groups excluding carboxylic acids is 2. The minimum absolute atomic E-state index is 0.0222. The smallest absolute Gasteiger partial charge is 0.314 e. The van der Waals surface area contributed by atoms with E-state index in [2.05, 4.69) is 15.2 Å². The minimum atomic E-state index is -0.449. The molecule has 7 nitrogen and oxygen atoms in total. The fraction of sp³-hybridized carbons (Fsp3) is 0.611. The maximum Gasteiger partial charge on any atom is 0.314 e. The van der Waals surface area contributed by atoms with Gasteiger partial charge in [0.25, 0.3) is 0 Å². The summed E-state index contributed by atoms with van der Waals surface area (Å²) in [4.78, 5) is 32.0. The van der Waals surface area contributed by atoms with Crippen molar-refractivity contribution in [3.05, 3.63) is 23.9 Å². The fourth-order valence-corrected chi connectivity index (χ4v) is 3.56. The zero-order chi connectivity index (χ0) is 17.6. The van der Waals surface area contributed by atoms with E-state index in [-0.39, 0.29) is 11.8 Å². The zero-order valence-corrected chi connectivity index (χ0v) is 14.6. The molecule has 2 aliphatic heterocycles. The van der Waals surface area contributed by atoms with Crippen molar-refractivity contribution in [2.45, 2.75) is 38.6 Å². The Kier molecular flexibility index (Phi) is 5.73. The van der Waals surface area contributed by atoms with Gasteiger partial charge in [-0.1, -0.05) is 6.07 Å². The Morgan fingerprint density at radius 1 is 1.16 bits per heavy atom. The second-order valence-electron chi connectivity index (χ2n) is 6.91. The molecule has 0 saturated carbocycles. The number of anilines is 1. The number of hydrogen-bond donors (Lipinski definition) is 2. The largest absolute Gasteiger partial charge is 0.357 e. The van der Waals surface area contributed by atoms with E-state index in [0.717, 1.165) is 37.3 Å². The summed E-state index contributed by atoms with van der Waals surface area (Å²) in [6.07, 6.45) is 7.19. The van der Waals surface area contributed by atoms with Crippen molar-refractivity contribution in [1.82, 2.24) is 15.2 Å². The van der Waals surface area contributed by atoms with Crippen LogP contribution in [0.2, 0.25) is 0 Å². The molecule has 25 heavy (non-hydrogen) atoms. The van der Waals surface area contributed by atoms with Gasteiger partial charge in [-0.05, 0) is 43.7 Å². The number of pyridine rings is 1. The first kappa shape index (κ1) is 17.5. The first-order valence-corrected chi connectivity index (χ1v) is 9.15. The average Bonchev–Trinajstić information content (AvgIpc) is 2.67. The summed E-state index contributed by atoms with van der Waals surface area (Å²) in [5, 5.41) is 2.96. The number of likely N-dealkylation sites (tertiary alicyclic amines) is 1. The van der Waals surface area contributed by atoms with E-state index in [4.69, 9.17) is 5.73 Å². The summed E-state index contributed by atoms with van der Waals surface area (Å²) in [5.74, 6) is 0.812. The number of primary amides is 1. The number of aromatic nitrogens is 1. The van der Waals surface area contributed by atoms with E-state index >= 15 is 0 Å². The van der Waals surface area contributed by atoms with Crippen molar-refractivity contribution >= 4 is 17.8 Å². The molecule has 0 radical (unpaired) electrons. The molecule has 3 rings (SSSR count). The monoisotopic (exact) mass is 345 g/mol. The number of carbonyl (C=O) groups is 2. The minimum Gasteiger partial charge on any atom is -0.357 e. The van der Waals surface area contributed by atoms with Crippen LogP contribution in [0, 0.1) is 5.92 Å². The van der Waals surface area contributed by atoms with Crippen LogP contribution in [0.4, 0.5) is 10.6 Å². The summed E-state index contributed by atoms with van der Waals surface area (Å²) in [6, 6.07) is 3.60. The number of nitrogens with one attached hydrogen (secondary N) is 1. The van der Waals surface area contributed by atoms with Crippen LogP contribution in [0.25, 0.3) is 0 Å². The molecule has 3 heterocycles. The third-order valence-corrected chi connectivity index (χ3v) is 5.06. The van der Waals surface area contributed by atoms with Crippen LogP contribution in [0.15, 0.2) is 18.3 Å². The number of nitrogens with two attached hydrogens (primary N) is 1. The van der Waals surface area contributed by atoms with Gasteiger partial charge in [0, 0.05) is 38.9 Å². The highest BCUT2D eigenvalue weighted by molar-refractivity contribution is 5.80. The van der Waals surface area contributed by atoms with Crippen LogP contribution in [-0.2, 0) is 11.3 Å². The van der Waals surface area contributed by atoms with Crippen LogP contribution in [0.5, 0.6) is 0 Å². The summed E-state index contributed by atoms with van der Waals surface area (Å²) >= 11 is 0. The quantitative estimate of drug-likeness (QED) is 0.865. The highest BCUT2D eigenvalue weighted by atomic mass is 16.2. The Labute approximate surface area is 148 Å². The predicted octanol–water partition coefficient (Wildman–Crippen LogP) is 1.48. The molecular weight excluding hydrogens is 318 g/mol. The van der Waals surface area contributed by atoms with Gasteiger partial charge in [-0.25, -0.2) is 9.78 Å². The second-order valence-corrected chi connectivity index (χ2v) is 6.91. The van der Waals surface area contributed by atoms with Gasteiger partial charge in [0.05, 0.1) is 5.92 Å². The molecule has 2 saturated heterocycles. The average molecular weight is 345 g/mol. The van der Waals surface area contributed by atoms with Crippen LogP contribution in [-0.4, -0.2) is 48.0 Å². The summed E-state index contributed by atoms with van der Waals surface area (Å²) in [5.41, 5.74) is 6.30.